The van der Waals surface area contributed by atoms with Gasteiger partial charge in [-0.3, -0.25) is 0 Å². The molecule has 2 N–H and O–H groups in total. The third-order valence-electron chi connectivity index (χ3n) is 2.45. The maximum atomic E-state index is 5.61. The van der Waals surface area contributed by atoms with Crippen LogP contribution >= 0.6 is 0 Å². The van der Waals surface area contributed by atoms with E-state index in [4.69, 9.17) is 4.74 Å². The minimum atomic E-state index is 0.436. The molecule has 0 saturated heterocycles. The van der Waals surface area contributed by atoms with Crippen LogP contribution in [0.25, 0.3) is 0 Å². The van der Waals surface area contributed by atoms with Crippen LogP contribution in [0.5, 0.6) is 0 Å². The van der Waals surface area contributed by atoms with Gasteiger partial charge in [-0.2, -0.15) is 0 Å². The third kappa shape index (κ3) is 0.661. The zero-order chi connectivity index (χ0) is 7.26. The summed E-state index contributed by atoms with van der Waals surface area (Å²) in [5, 5.41) is 0. The van der Waals surface area contributed by atoms with Crippen LogP contribution in [-0.2, 0) is 4.74 Å². The van der Waals surface area contributed by atoms with Crippen LogP contribution in [-0.4, -0.2) is 12.6 Å². The van der Waals surface area contributed by atoms with Crippen molar-refractivity contribution in [3.05, 3.63) is 23.1 Å². The molecule has 11 heavy (non-hydrogen) atoms. The molecule has 3 rings (SSSR count). The summed E-state index contributed by atoms with van der Waals surface area (Å²) in [5.41, 5.74) is 8.90. The summed E-state index contributed by atoms with van der Waals surface area (Å²) in [6.45, 7) is 0.979. The molecule has 58 valence electrons. The van der Waals surface area contributed by atoms with Gasteiger partial charge in [0.25, 0.3) is 0 Å². The summed E-state index contributed by atoms with van der Waals surface area (Å²) in [4.78, 5) is 0. The number of hydrazine groups is 1. The van der Waals surface area contributed by atoms with Crippen molar-refractivity contribution >= 4 is 0 Å². The number of hydrogen-bond donors (Lipinski definition) is 2. The van der Waals surface area contributed by atoms with Gasteiger partial charge in [0.05, 0.1) is 5.70 Å². The zero-order valence-electron chi connectivity index (χ0n) is 6.18. The fourth-order valence-electron chi connectivity index (χ4n) is 1.90. The highest BCUT2D eigenvalue weighted by Crippen LogP contribution is 2.35. The molecule has 0 aromatic carbocycles. The highest BCUT2D eigenvalue weighted by Gasteiger charge is 2.32. The first-order valence-electron chi connectivity index (χ1n) is 4.01. The molecule has 3 heteroatoms. The standard InChI is InChI=1S/C8H10N2O/c1-2-7-8-5(4-9-10-8)3-6(1)11-7/h2,6,9-10H,1,3-4H2. The first kappa shape index (κ1) is 5.66. The van der Waals surface area contributed by atoms with Crippen LogP contribution in [0, 0.1) is 0 Å². The van der Waals surface area contributed by atoms with Crippen molar-refractivity contribution in [3.63, 3.8) is 0 Å². The third-order valence-corrected chi connectivity index (χ3v) is 2.45. The predicted molar refractivity (Wildman–Crippen MR) is 40.4 cm³/mol. The molecular weight excluding hydrogens is 140 g/mol. The lowest BCUT2D eigenvalue weighted by Gasteiger charge is -2.19. The van der Waals surface area contributed by atoms with Gasteiger partial charge in [0, 0.05) is 19.4 Å². The summed E-state index contributed by atoms with van der Waals surface area (Å²) in [5.74, 6) is 1.06. The smallest absolute Gasteiger partial charge is 0.140 e. The SMILES string of the molecule is C1=C2OC(C1)CC1=C2NNC1. The second-order valence-electron chi connectivity index (χ2n) is 3.21. The normalized spacial score (nSPS) is 32.7. The fourth-order valence-corrected chi connectivity index (χ4v) is 1.90. The van der Waals surface area contributed by atoms with E-state index in [1.807, 2.05) is 0 Å². The molecule has 0 aromatic heterocycles. The molecule has 0 aliphatic carbocycles. The van der Waals surface area contributed by atoms with Crippen molar-refractivity contribution in [3.8, 4) is 0 Å². The number of hydrogen-bond acceptors (Lipinski definition) is 3. The van der Waals surface area contributed by atoms with E-state index in [2.05, 4.69) is 16.9 Å². The molecule has 1 unspecified atom stereocenters. The van der Waals surface area contributed by atoms with Crippen LogP contribution in [0.2, 0.25) is 0 Å². The van der Waals surface area contributed by atoms with Crippen LogP contribution < -0.4 is 10.9 Å². The van der Waals surface area contributed by atoms with Crippen molar-refractivity contribution < 1.29 is 4.74 Å². The van der Waals surface area contributed by atoms with Gasteiger partial charge in [0.15, 0.2) is 0 Å². The second-order valence-corrected chi connectivity index (χ2v) is 3.21. The highest BCUT2D eigenvalue weighted by atomic mass is 16.5. The number of fused-ring (bicyclic) bond motifs is 3. The van der Waals surface area contributed by atoms with E-state index in [1.54, 1.807) is 0 Å². The minimum Gasteiger partial charge on any atom is -0.488 e. The van der Waals surface area contributed by atoms with Crippen LogP contribution in [0.3, 0.4) is 0 Å². The molecular formula is C8H10N2O. The van der Waals surface area contributed by atoms with E-state index in [0.29, 0.717) is 6.10 Å². The molecule has 0 amide bonds. The van der Waals surface area contributed by atoms with E-state index in [0.717, 1.165) is 25.1 Å². The summed E-state index contributed by atoms with van der Waals surface area (Å²) >= 11 is 0. The van der Waals surface area contributed by atoms with Gasteiger partial charge in [0.2, 0.25) is 0 Å². The largest absolute Gasteiger partial charge is 0.488 e. The quantitative estimate of drug-likeness (QED) is 0.525. The van der Waals surface area contributed by atoms with Crippen molar-refractivity contribution in [2.24, 2.45) is 0 Å². The average Bonchev–Trinajstić information content (AvgIpc) is 2.58. The van der Waals surface area contributed by atoms with Crippen molar-refractivity contribution in [2.45, 2.75) is 18.9 Å². The Balaban J connectivity index is 2.07. The Morgan fingerprint density at radius 1 is 1.55 bits per heavy atom. The van der Waals surface area contributed by atoms with Crippen LogP contribution in [0.1, 0.15) is 12.8 Å². The summed E-state index contributed by atoms with van der Waals surface area (Å²) in [6.07, 6.45) is 4.79. The maximum absolute atomic E-state index is 5.61. The Kier molecular flexibility index (Phi) is 0.924. The molecule has 0 aromatic rings. The second kappa shape index (κ2) is 1.80. The molecule has 0 fully saturated rings. The molecule has 0 radical (unpaired) electrons. The van der Waals surface area contributed by atoms with E-state index < -0.39 is 0 Å². The van der Waals surface area contributed by atoms with Crippen LogP contribution in [0.4, 0.5) is 0 Å². The molecule has 0 saturated carbocycles. The van der Waals surface area contributed by atoms with Crippen molar-refractivity contribution in [1.29, 1.82) is 0 Å². The van der Waals surface area contributed by atoms with E-state index in [1.165, 1.54) is 11.3 Å². The Morgan fingerprint density at radius 3 is 3.55 bits per heavy atom. The highest BCUT2D eigenvalue weighted by molar-refractivity contribution is 5.38. The number of rotatable bonds is 0. The molecule has 3 nitrogen and oxygen atoms in total. The van der Waals surface area contributed by atoms with Gasteiger partial charge >= 0.3 is 0 Å². The van der Waals surface area contributed by atoms with Crippen molar-refractivity contribution in [2.75, 3.05) is 6.54 Å². The lowest BCUT2D eigenvalue weighted by atomic mass is 10.1. The summed E-state index contributed by atoms with van der Waals surface area (Å²) in [6, 6.07) is 0. The summed E-state index contributed by atoms with van der Waals surface area (Å²) in [7, 11) is 0. The van der Waals surface area contributed by atoms with E-state index >= 15 is 0 Å². The Bertz CT molecular complexity index is 267. The first-order chi connectivity index (χ1) is 5.43. The Labute approximate surface area is 65.1 Å². The van der Waals surface area contributed by atoms with Crippen LogP contribution in [0.15, 0.2) is 23.1 Å². The molecule has 3 aliphatic rings. The summed E-state index contributed by atoms with van der Waals surface area (Å²) < 4.78 is 5.61. The fraction of sp³-hybridized carbons (Fsp3) is 0.500. The monoisotopic (exact) mass is 150 g/mol. The number of ether oxygens (including phenoxy) is 1. The van der Waals surface area contributed by atoms with E-state index in [-0.39, 0.29) is 0 Å². The van der Waals surface area contributed by atoms with Gasteiger partial charge in [-0.1, -0.05) is 0 Å². The van der Waals surface area contributed by atoms with E-state index in [9.17, 15) is 0 Å². The van der Waals surface area contributed by atoms with Gasteiger partial charge in [0.1, 0.15) is 11.9 Å². The van der Waals surface area contributed by atoms with Gasteiger partial charge in [-0.05, 0) is 11.6 Å². The Hall–Kier alpha value is -0.960. The number of nitrogens with one attached hydrogen (secondary N) is 2. The lowest BCUT2D eigenvalue weighted by Crippen LogP contribution is -2.24. The topological polar surface area (TPSA) is 33.3 Å². The maximum Gasteiger partial charge on any atom is 0.140 e. The predicted octanol–water partition coefficient (Wildman–Crippen LogP) is 0.425. The molecule has 2 bridgehead atoms. The lowest BCUT2D eigenvalue weighted by molar-refractivity contribution is 0.138. The minimum absolute atomic E-state index is 0.436. The van der Waals surface area contributed by atoms with Crippen molar-refractivity contribution in [1.82, 2.24) is 10.9 Å². The molecule has 3 aliphatic heterocycles. The van der Waals surface area contributed by atoms with Gasteiger partial charge in [-0.15, -0.1) is 0 Å². The first-order valence-corrected chi connectivity index (χ1v) is 4.01. The average molecular weight is 150 g/mol. The van der Waals surface area contributed by atoms with Gasteiger partial charge < -0.3 is 10.2 Å². The molecule has 0 spiro atoms. The Morgan fingerprint density at radius 2 is 2.55 bits per heavy atom. The van der Waals surface area contributed by atoms with Gasteiger partial charge in [-0.25, -0.2) is 5.43 Å². The zero-order valence-corrected chi connectivity index (χ0v) is 6.18. The molecule has 3 heterocycles. The molecule has 1 atom stereocenters.